The Bertz CT molecular complexity index is 774. The number of fused-ring (bicyclic) bond motifs is 1. The highest BCUT2D eigenvalue weighted by Gasteiger charge is 2.43. The Morgan fingerprint density at radius 3 is 2.42 bits per heavy atom. The first-order valence-corrected chi connectivity index (χ1v) is 7.51. The van der Waals surface area contributed by atoms with Crippen LogP contribution in [-0.4, -0.2) is 22.7 Å². The molecule has 2 aromatic carbocycles. The molecule has 2 N–H and O–H groups in total. The molecule has 0 fully saturated rings. The van der Waals surface area contributed by atoms with Gasteiger partial charge in [-0.25, -0.2) is 8.78 Å². The SMILES string of the molecule is CC1(C)Oc2ccc(F)cc2C(NC(=O)c2ccc(F)cc2)C1O. The van der Waals surface area contributed by atoms with E-state index < -0.39 is 35.3 Å². The fraction of sp³-hybridized carbons (Fsp3) is 0.278. The number of benzene rings is 2. The van der Waals surface area contributed by atoms with E-state index in [0.717, 1.165) is 0 Å². The summed E-state index contributed by atoms with van der Waals surface area (Å²) in [7, 11) is 0. The molecule has 2 aromatic rings. The van der Waals surface area contributed by atoms with Gasteiger partial charge in [0.1, 0.15) is 29.1 Å². The maximum atomic E-state index is 13.6. The van der Waals surface area contributed by atoms with Gasteiger partial charge in [0.2, 0.25) is 0 Å². The largest absolute Gasteiger partial charge is 0.485 e. The molecule has 2 atom stereocenters. The van der Waals surface area contributed by atoms with Crippen LogP contribution in [0.1, 0.15) is 35.8 Å². The van der Waals surface area contributed by atoms with Crippen molar-refractivity contribution in [3.63, 3.8) is 0 Å². The molecular formula is C18H17F2NO3. The van der Waals surface area contributed by atoms with Crippen molar-refractivity contribution in [1.82, 2.24) is 5.32 Å². The van der Waals surface area contributed by atoms with Crippen LogP contribution in [0.5, 0.6) is 5.75 Å². The smallest absolute Gasteiger partial charge is 0.251 e. The Labute approximate surface area is 138 Å². The summed E-state index contributed by atoms with van der Waals surface area (Å²) in [6, 6.07) is 8.13. The first kappa shape index (κ1) is 16.4. The van der Waals surface area contributed by atoms with E-state index >= 15 is 0 Å². The molecule has 6 heteroatoms. The predicted octanol–water partition coefficient (Wildman–Crippen LogP) is 2.97. The highest BCUT2D eigenvalue weighted by molar-refractivity contribution is 5.94. The number of hydrogen-bond acceptors (Lipinski definition) is 3. The number of hydrogen-bond donors (Lipinski definition) is 2. The number of aliphatic hydroxyl groups is 1. The predicted molar refractivity (Wildman–Crippen MR) is 83.7 cm³/mol. The molecule has 1 amide bonds. The van der Waals surface area contributed by atoms with Crippen molar-refractivity contribution in [1.29, 1.82) is 0 Å². The standard InChI is InChI=1S/C18H17F2NO3/c1-18(2)16(22)15(13-9-12(20)7-8-14(13)24-18)21-17(23)10-3-5-11(19)6-4-10/h3-9,15-16,22H,1-2H3,(H,21,23). The van der Waals surface area contributed by atoms with Gasteiger partial charge in [-0.2, -0.15) is 0 Å². The summed E-state index contributed by atoms with van der Waals surface area (Å²) in [4.78, 5) is 12.4. The first-order valence-electron chi connectivity index (χ1n) is 7.51. The second kappa shape index (κ2) is 5.87. The molecule has 0 spiro atoms. The molecule has 0 saturated carbocycles. The van der Waals surface area contributed by atoms with Crippen LogP contribution in [0.15, 0.2) is 42.5 Å². The number of carbonyl (C=O) groups excluding carboxylic acids is 1. The number of rotatable bonds is 2. The summed E-state index contributed by atoms with van der Waals surface area (Å²) in [6.07, 6.45) is -1.09. The van der Waals surface area contributed by atoms with Crippen molar-refractivity contribution >= 4 is 5.91 Å². The van der Waals surface area contributed by atoms with E-state index in [2.05, 4.69) is 5.32 Å². The van der Waals surface area contributed by atoms with Gasteiger partial charge in [-0.05, 0) is 56.3 Å². The Balaban J connectivity index is 1.95. The second-order valence-electron chi connectivity index (χ2n) is 6.29. The van der Waals surface area contributed by atoms with Crippen LogP contribution in [0.4, 0.5) is 8.78 Å². The van der Waals surface area contributed by atoms with Gasteiger partial charge in [0, 0.05) is 11.1 Å². The molecule has 1 aliphatic rings. The van der Waals surface area contributed by atoms with Gasteiger partial charge < -0.3 is 15.2 Å². The van der Waals surface area contributed by atoms with Gasteiger partial charge in [0.05, 0.1) is 6.04 Å². The third-order valence-electron chi connectivity index (χ3n) is 4.10. The van der Waals surface area contributed by atoms with Gasteiger partial charge in [-0.15, -0.1) is 0 Å². The number of ether oxygens (including phenoxy) is 1. The van der Waals surface area contributed by atoms with E-state index in [0.29, 0.717) is 11.3 Å². The molecule has 1 aliphatic heterocycles. The zero-order valence-electron chi connectivity index (χ0n) is 13.2. The van der Waals surface area contributed by atoms with Gasteiger partial charge >= 0.3 is 0 Å². The lowest BCUT2D eigenvalue weighted by molar-refractivity contribution is -0.0629. The summed E-state index contributed by atoms with van der Waals surface area (Å²) in [5.41, 5.74) is -0.367. The summed E-state index contributed by atoms with van der Waals surface area (Å²) >= 11 is 0. The number of carbonyl (C=O) groups is 1. The molecule has 24 heavy (non-hydrogen) atoms. The van der Waals surface area contributed by atoms with Crippen LogP contribution < -0.4 is 10.1 Å². The minimum absolute atomic E-state index is 0.242. The molecule has 126 valence electrons. The van der Waals surface area contributed by atoms with Crippen molar-refractivity contribution < 1.29 is 23.4 Å². The van der Waals surface area contributed by atoms with Crippen LogP contribution in [0, 0.1) is 11.6 Å². The molecule has 4 nitrogen and oxygen atoms in total. The summed E-state index contributed by atoms with van der Waals surface area (Å²) in [5, 5.41) is 13.2. The quantitative estimate of drug-likeness (QED) is 0.888. The van der Waals surface area contributed by atoms with Crippen LogP contribution >= 0.6 is 0 Å². The molecule has 0 bridgehead atoms. The van der Waals surface area contributed by atoms with Gasteiger partial charge in [-0.1, -0.05) is 0 Å². The van der Waals surface area contributed by atoms with Crippen molar-refractivity contribution in [2.45, 2.75) is 31.6 Å². The highest BCUT2D eigenvalue weighted by Crippen LogP contribution is 2.40. The molecule has 3 rings (SSSR count). The van der Waals surface area contributed by atoms with Crippen LogP contribution in [0.25, 0.3) is 0 Å². The lowest BCUT2D eigenvalue weighted by Crippen LogP contribution is -2.53. The Morgan fingerprint density at radius 1 is 1.12 bits per heavy atom. The van der Waals surface area contributed by atoms with Crippen LogP contribution in [0.3, 0.4) is 0 Å². The average molecular weight is 333 g/mol. The number of halogens is 2. The zero-order valence-corrected chi connectivity index (χ0v) is 13.2. The second-order valence-corrected chi connectivity index (χ2v) is 6.29. The van der Waals surface area contributed by atoms with Crippen LogP contribution in [-0.2, 0) is 0 Å². The maximum Gasteiger partial charge on any atom is 0.251 e. The molecule has 0 aliphatic carbocycles. The molecular weight excluding hydrogens is 316 g/mol. The molecule has 0 radical (unpaired) electrons. The van der Waals surface area contributed by atoms with Crippen LogP contribution in [0.2, 0.25) is 0 Å². The van der Waals surface area contributed by atoms with E-state index in [9.17, 15) is 18.7 Å². The van der Waals surface area contributed by atoms with Crippen molar-refractivity contribution in [2.24, 2.45) is 0 Å². The fourth-order valence-electron chi connectivity index (χ4n) is 2.75. The highest BCUT2D eigenvalue weighted by atomic mass is 19.1. The third-order valence-corrected chi connectivity index (χ3v) is 4.10. The van der Waals surface area contributed by atoms with E-state index in [1.54, 1.807) is 13.8 Å². The average Bonchev–Trinajstić information content (AvgIpc) is 2.53. The topological polar surface area (TPSA) is 58.6 Å². The number of amides is 1. The molecule has 0 aromatic heterocycles. The molecule has 1 heterocycles. The lowest BCUT2D eigenvalue weighted by Gasteiger charge is -2.42. The minimum Gasteiger partial charge on any atom is -0.485 e. The molecule has 2 unspecified atom stereocenters. The van der Waals surface area contributed by atoms with Gasteiger partial charge in [0.15, 0.2) is 0 Å². The minimum atomic E-state index is -1.09. The zero-order chi connectivity index (χ0) is 17.5. The van der Waals surface area contributed by atoms with Crippen molar-refractivity contribution in [2.75, 3.05) is 0 Å². The van der Waals surface area contributed by atoms with Crippen molar-refractivity contribution in [3.05, 3.63) is 65.2 Å². The first-order chi connectivity index (χ1) is 11.3. The van der Waals surface area contributed by atoms with E-state index in [-0.39, 0.29) is 5.56 Å². The third kappa shape index (κ3) is 2.97. The van der Waals surface area contributed by atoms with E-state index in [1.165, 1.54) is 42.5 Å². The van der Waals surface area contributed by atoms with Crippen molar-refractivity contribution in [3.8, 4) is 5.75 Å². The maximum absolute atomic E-state index is 13.6. The van der Waals surface area contributed by atoms with E-state index in [4.69, 9.17) is 4.74 Å². The Kier molecular flexibility index (Phi) is 4.01. The summed E-state index contributed by atoms with van der Waals surface area (Å²) in [5.74, 6) is -1.04. The number of aliphatic hydroxyl groups excluding tert-OH is 1. The summed E-state index contributed by atoms with van der Waals surface area (Å²) in [6.45, 7) is 3.36. The van der Waals surface area contributed by atoms with Gasteiger partial charge in [0.25, 0.3) is 5.91 Å². The Hall–Kier alpha value is -2.47. The lowest BCUT2D eigenvalue weighted by atomic mass is 9.86. The van der Waals surface area contributed by atoms with Gasteiger partial charge in [-0.3, -0.25) is 4.79 Å². The normalized spacial score (nSPS) is 21.5. The monoisotopic (exact) mass is 333 g/mol. The molecule has 0 saturated heterocycles. The summed E-state index contributed by atoms with van der Waals surface area (Å²) < 4.78 is 32.3. The fourth-order valence-corrected chi connectivity index (χ4v) is 2.75. The Morgan fingerprint density at radius 2 is 1.75 bits per heavy atom. The van der Waals surface area contributed by atoms with E-state index in [1.807, 2.05) is 0 Å². The number of nitrogens with one attached hydrogen (secondary N) is 1.